The number of hydrogen-bond acceptors (Lipinski definition) is 10. The highest BCUT2D eigenvalue weighted by Crippen LogP contribution is 2.29. The van der Waals surface area contributed by atoms with Crippen molar-refractivity contribution in [1.82, 2.24) is 9.55 Å². The Morgan fingerprint density at radius 3 is 2.14 bits per heavy atom. The smallest absolute Gasteiger partial charge is 0.302 e. The number of aryl methyl sites for hydroxylation is 1. The van der Waals surface area contributed by atoms with Gasteiger partial charge in [0.1, 0.15) is 31.3 Å². The molecule has 0 saturated heterocycles. The lowest BCUT2D eigenvalue weighted by Crippen LogP contribution is -2.40. The van der Waals surface area contributed by atoms with Gasteiger partial charge < -0.3 is 24.1 Å². The molecule has 11 nitrogen and oxygen atoms in total. The average molecular weight is 430 g/mol. The number of halogens is 1. The van der Waals surface area contributed by atoms with Crippen LogP contribution in [0, 0.1) is 5.41 Å². The second kappa shape index (κ2) is 9.70. The van der Waals surface area contributed by atoms with Crippen molar-refractivity contribution >= 4 is 40.5 Å². The number of fused-ring (bicyclic) bond motifs is 1. The Balaban J connectivity index is 2.23. The van der Waals surface area contributed by atoms with Gasteiger partial charge in [-0.1, -0.05) is 11.6 Å². The van der Waals surface area contributed by atoms with Crippen LogP contribution in [0.25, 0.3) is 0 Å². The molecule has 0 saturated carbocycles. The molecule has 0 aliphatic carbocycles. The molecule has 0 bridgehead atoms. The van der Waals surface area contributed by atoms with E-state index in [4.69, 9.17) is 31.5 Å². The molecule has 29 heavy (non-hydrogen) atoms. The summed E-state index contributed by atoms with van der Waals surface area (Å²) < 4.78 is 17.3. The minimum absolute atomic E-state index is 0.102. The Morgan fingerprint density at radius 2 is 1.66 bits per heavy atom. The zero-order chi connectivity index (χ0) is 21.6. The van der Waals surface area contributed by atoms with Crippen molar-refractivity contribution in [1.29, 1.82) is 0 Å². The summed E-state index contributed by atoms with van der Waals surface area (Å²) in [5.74, 6) is -0.930. The van der Waals surface area contributed by atoms with Crippen molar-refractivity contribution in [3.8, 4) is 0 Å². The van der Waals surface area contributed by atoms with E-state index in [1.54, 1.807) is 10.9 Å². The monoisotopic (exact) mass is 429 g/mol. The lowest BCUT2D eigenvalue weighted by molar-refractivity contribution is -0.160. The van der Waals surface area contributed by atoms with Crippen LogP contribution in [0.4, 0.5) is 5.82 Å². The first-order valence-electron chi connectivity index (χ1n) is 8.83. The normalized spacial score (nSPS) is 15.6. The summed E-state index contributed by atoms with van der Waals surface area (Å²) in [5.41, 5.74) is 5.30. The maximum absolute atomic E-state index is 11.4. The maximum atomic E-state index is 11.4. The lowest BCUT2D eigenvalue weighted by Gasteiger charge is -2.32. The summed E-state index contributed by atoms with van der Waals surface area (Å²) in [4.78, 5) is 42.3. The van der Waals surface area contributed by atoms with E-state index in [2.05, 4.69) is 15.3 Å². The van der Waals surface area contributed by atoms with Crippen molar-refractivity contribution in [3.05, 3.63) is 12.0 Å². The molecule has 0 fully saturated rings. The Labute approximate surface area is 172 Å². The maximum Gasteiger partial charge on any atom is 0.302 e. The van der Waals surface area contributed by atoms with Gasteiger partial charge in [0.2, 0.25) is 0 Å². The van der Waals surface area contributed by atoms with E-state index in [0.29, 0.717) is 24.5 Å². The van der Waals surface area contributed by atoms with Crippen LogP contribution < -0.4 is 11.1 Å². The highest BCUT2D eigenvalue weighted by atomic mass is 35.5. The first-order chi connectivity index (χ1) is 13.6. The van der Waals surface area contributed by atoms with Crippen LogP contribution in [0.2, 0.25) is 0 Å². The molecule has 1 unspecified atom stereocenters. The summed E-state index contributed by atoms with van der Waals surface area (Å²) in [7, 11) is 0. The first-order valence-corrected chi connectivity index (χ1v) is 9.21. The molecule has 12 heteroatoms. The molecule has 1 aromatic heterocycles. The highest BCUT2D eigenvalue weighted by molar-refractivity contribution is 6.70. The second-order valence-electron chi connectivity index (χ2n) is 6.74. The fraction of sp³-hybridized carbons (Fsp3) is 0.588. The Morgan fingerprint density at radius 1 is 1.14 bits per heavy atom. The van der Waals surface area contributed by atoms with E-state index in [1.807, 2.05) is 0 Å². The third-order valence-electron chi connectivity index (χ3n) is 4.20. The van der Waals surface area contributed by atoms with Gasteiger partial charge in [0.15, 0.2) is 11.5 Å². The van der Waals surface area contributed by atoms with Crippen molar-refractivity contribution in [2.24, 2.45) is 16.1 Å². The van der Waals surface area contributed by atoms with Gasteiger partial charge >= 0.3 is 17.9 Å². The summed E-state index contributed by atoms with van der Waals surface area (Å²) in [6, 6.07) is 0. The molecule has 2 heterocycles. The number of nitrogens with one attached hydrogen (secondary N) is 1. The molecular formula is C17H24ClN5O6. The van der Waals surface area contributed by atoms with Crippen LogP contribution >= 0.6 is 11.6 Å². The predicted molar refractivity (Wildman–Crippen MR) is 103 cm³/mol. The van der Waals surface area contributed by atoms with Crippen molar-refractivity contribution in [3.63, 3.8) is 0 Å². The quantitative estimate of drug-likeness (QED) is 0.425. The molecule has 160 valence electrons. The van der Waals surface area contributed by atoms with E-state index in [-0.39, 0.29) is 25.0 Å². The number of rotatable bonds is 9. The van der Waals surface area contributed by atoms with Crippen molar-refractivity contribution in [2.45, 2.75) is 40.0 Å². The number of aromatic nitrogens is 2. The van der Waals surface area contributed by atoms with Gasteiger partial charge in [-0.25, -0.2) is 9.98 Å². The van der Waals surface area contributed by atoms with Gasteiger partial charge in [-0.2, -0.15) is 0 Å². The van der Waals surface area contributed by atoms with E-state index in [0.717, 1.165) is 0 Å². The predicted octanol–water partition coefficient (Wildman–Crippen LogP) is 0.602. The van der Waals surface area contributed by atoms with Crippen LogP contribution in [-0.2, 0) is 35.1 Å². The minimum Gasteiger partial charge on any atom is -0.465 e. The van der Waals surface area contributed by atoms with E-state index >= 15 is 0 Å². The average Bonchev–Trinajstić information content (AvgIpc) is 3.03. The van der Waals surface area contributed by atoms with Gasteiger partial charge in [-0.05, 0) is 6.42 Å². The third kappa shape index (κ3) is 6.43. The lowest BCUT2D eigenvalue weighted by atomic mass is 9.86. The minimum atomic E-state index is -0.950. The summed E-state index contributed by atoms with van der Waals surface area (Å²) >= 11 is 6.08. The topological polar surface area (TPSA) is 147 Å². The Kier molecular flexibility index (Phi) is 7.57. The fourth-order valence-corrected chi connectivity index (χ4v) is 2.92. The van der Waals surface area contributed by atoms with Gasteiger partial charge in [0.25, 0.3) is 0 Å². The third-order valence-corrected chi connectivity index (χ3v) is 4.47. The molecule has 1 aliphatic rings. The van der Waals surface area contributed by atoms with Crippen LogP contribution in [0.1, 0.15) is 32.9 Å². The molecular weight excluding hydrogens is 406 g/mol. The number of nitrogens with two attached hydrogens (primary N) is 1. The van der Waals surface area contributed by atoms with Gasteiger partial charge in [0, 0.05) is 27.3 Å². The number of aliphatic imine (C=N–C) groups is 1. The molecule has 0 aromatic carbocycles. The largest absolute Gasteiger partial charge is 0.465 e. The number of esters is 3. The number of imidazole rings is 1. The van der Waals surface area contributed by atoms with E-state index in [9.17, 15) is 14.4 Å². The molecule has 0 spiro atoms. The number of anilines is 1. The SMILES string of the molecule is CC(=O)OCC(CCn1cnc2c1NC(N)N=C2Cl)(COC(C)=O)COC(C)=O. The molecule has 1 aromatic rings. The second-order valence-corrected chi connectivity index (χ2v) is 7.09. The number of hydrogen-bond donors (Lipinski definition) is 2. The molecule has 1 atom stereocenters. The van der Waals surface area contributed by atoms with Crippen molar-refractivity contribution in [2.75, 3.05) is 25.1 Å². The number of carbonyl (C=O) groups excluding carboxylic acids is 3. The van der Waals surface area contributed by atoms with Crippen molar-refractivity contribution < 1.29 is 28.6 Å². The van der Waals surface area contributed by atoms with Gasteiger partial charge in [0.05, 0.1) is 11.7 Å². The van der Waals surface area contributed by atoms with E-state index < -0.39 is 29.6 Å². The zero-order valence-corrected chi connectivity index (χ0v) is 17.2. The molecule has 0 amide bonds. The number of carbonyl (C=O) groups is 3. The highest BCUT2D eigenvalue weighted by Gasteiger charge is 2.35. The van der Waals surface area contributed by atoms with Crippen LogP contribution in [-0.4, -0.2) is 58.7 Å². The zero-order valence-electron chi connectivity index (χ0n) is 16.4. The summed E-state index contributed by atoms with van der Waals surface area (Å²) in [6.07, 6.45) is 1.18. The standard InChI is InChI=1S/C17H24ClN5O6/c1-10(24)27-6-17(7-28-11(2)25,8-29-12(3)26)4-5-23-9-20-13-14(18)21-16(19)22-15(13)23/h9,16,22H,4-8,19H2,1-3H3. The number of nitrogens with zero attached hydrogens (tertiary/aromatic N) is 3. The number of ether oxygens (including phenoxy) is 3. The molecule has 0 radical (unpaired) electrons. The molecule has 2 rings (SSSR count). The van der Waals surface area contributed by atoms with Crippen LogP contribution in [0.5, 0.6) is 0 Å². The van der Waals surface area contributed by atoms with E-state index in [1.165, 1.54) is 20.8 Å². The van der Waals surface area contributed by atoms with Crippen LogP contribution in [0.15, 0.2) is 11.3 Å². The fourth-order valence-electron chi connectivity index (χ4n) is 2.67. The molecule has 3 N–H and O–H groups in total. The summed E-state index contributed by atoms with van der Waals surface area (Å²) in [6.45, 7) is 3.85. The summed E-state index contributed by atoms with van der Waals surface area (Å²) in [5, 5.41) is 3.17. The first kappa shape index (κ1) is 22.6. The molecule has 1 aliphatic heterocycles. The van der Waals surface area contributed by atoms with Gasteiger partial charge in [-0.3, -0.25) is 20.1 Å². The van der Waals surface area contributed by atoms with Gasteiger partial charge in [-0.15, -0.1) is 0 Å². The Bertz CT molecular complexity index is 763. The van der Waals surface area contributed by atoms with Crippen LogP contribution in [0.3, 0.4) is 0 Å². The Hall–Kier alpha value is -2.66.